The van der Waals surface area contributed by atoms with E-state index in [4.69, 9.17) is 0 Å². The van der Waals surface area contributed by atoms with Crippen LogP contribution in [-0.2, 0) is 122 Å². The molecule has 12 rings (SSSR count). The van der Waals surface area contributed by atoms with E-state index in [1.165, 1.54) is 25.3 Å². The van der Waals surface area contributed by atoms with Gasteiger partial charge >= 0.3 is 77.9 Å². The number of nitrogens with one attached hydrogen (secondary N) is 4. The second-order valence-electron chi connectivity index (χ2n) is 10.1. The van der Waals surface area contributed by atoms with Crippen LogP contribution in [0.15, 0.2) is 25.3 Å². The topological polar surface area (TPSA) is 801 Å². The van der Waals surface area contributed by atoms with Crippen LogP contribution in [0.5, 0.6) is 0 Å². The molecule has 0 aromatic carbocycles. The SMILES string of the molecule is [OH3+].[OH3+].[OH3+].[OH3+].[OH3+].[OH3+].[OH3+].[OH3+].[Zn+2].[Zn+2].[Zn+2].[Zn+2].c1nc(-c2nnn[n-]2)c(-c2nnn[n-]2)[nH]1.c1nc(-c2nnn[n-]2)c(-c2nnn[n-]2)[nH]1.c1nc(-c2nnn[n-]2)c(-c2nnn[n-]2)[nH]1.c1nc(-c2nnn[n-]2)c(-c2nnn[nH]2)[n-]1. The number of hydrogen-bond donors (Lipinski definition) is 4. The van der Waals surface area contributed by atoms with Gasteiger partial charge in [-0.05, 0) is 16.1 Å². The fourth-order valence-corrected chi connectivity index (χ4v) is 4.46. The van der Waals surface area contributed by atoms with Crippen LogP contribution in [0, 0.1) is 0 Å². The Morgan fingerprint density at radius 3 is 0.875 bits per heavy atom. The minimum atomic E-state index is 0. The van der Waals surface area contributed by atoms with Gasteiger partial charge in [-0.15, -0.1) is 5.10 Å². The van der Waals surface area contributed by atoms with E-state index in [2.05, 4.69) is 205 Å². The first-order valence-electron chi connectivity index (χ1n) is 15.5. The molecule has 0 fully saturated rings. The van der Waals surface area contributed by atoms with Crippen LogP contribution in [0.2, 0.25) is 0 Å². The Balaban J connectivity index is -0.000000406. The van der Waals surface area contributed by atoms with E-state index in [0.29, 0.717) is 92.1 Å². The van der Waals surface area contributed by atoms with E-state index in [0.717, 1.165) is 0 Å². The average Bonchev–Trinajstić information content (AvgIpc) is 4.15. The van der Waals surface area contributed by atoms with Crippen molar-refractivity contribution in [3.05, 3.63) is 25.3 Å². The number of hydrogen-bond acceptors (Lipinski definition) is 28. The van der Waals surface area contributed by atoms with Gasteiger partial charge in [0, 0.05) is 11.5 Å². The van der Waals surface area contributed by atoms with Crippen molar-refractivity contribution in [1.29, 1.82) is 0 Å². The number of aromatic amines is 4. The molecule has 28 N–H and O–H groups in total. The van der Waals surface area contributed by atoms with Crippen LogP contribution < -0.4 is 40.7 Å². The van der Waals surface area contributed by atoms with Crippen molar-refractivity contribution in [2.45, 2.75) is 0 Å². The molecule has 0 aliphatic rings. The predicted octanol–water partition coefficient (Wildman–Crippen LogP) is -15.3. The van der Waals surface area contributed by atoms with Crippen molar-refractivity contribution in [2.75, 3.05) is 0 Å². The monoisotopic (exact) mass is 1220 g/mol. The minimum Gasteiger partial charge on any atom is -0.457 e. The van der Waals surface area contributed by atoms with Gasteiger partial charge in [-0.3, -0.25) is 72.2 Å². The summed E-state index contributed by atoms with van der Waals surface area (Å²) in [6.45, 7) is 0. The Labute approximate surface area is 441 Å². The molecule has 48 nitrogen and oxygen atoms in total. The molecule has 0 aliphatic heterocycles. The largest absolute Gasteiger partial charge is 2.00 e. The zero-order valence-corrected chi connectivity index (χ0v) is 47.7. The maximum absolute atomic E-state index is 4.02. The molecule has 52 heteroatoms. The van der Waals surface area contributed by atoms with Crippen LogP contribution in [0.3, 0.4) is 0 Å². The number of tetrazole rings is 8. The molecule has 0 bridgehead atoms. The number of nitrogens with zero attached hydrogens (tertiary/aromatic N) is 36. The van der Waals surface area contributed by atoms with Crippen LogP contribution in [0.1, 0.15) is 0 Å². The van der Waals surface area contributed by atoms with E-state index in [-0.39, 0.29) is 122 Å². The fraction of sp³-hybridized carbons (Fsp3) is 0. The molecule has 0 radical (unpaired) electrons. The molecule has 12 heterocycles. The standard InChI is InChI=1S/4C5H2N10.8H2O.4Zn/c4*1-6-2(4-8-12-13-9-4)3(7-1)5-10-14-15-11-5;;;;;;;;;;;;/h4*1H,(H-2,6,7,8,9,10,11,12,13,14,15);8*1H2;;;;/q4*-2;;;;;;;;;4*+2/p+8. The van der Waals surface area contributed by atoms with Gasteiger partial charge in [0.2, 0.25) is 0 Å². The summed E-state index contributed by atoms with van der Waals surface area (Å²) in [4.78, 5) is 28.6. The minimum absolute atomic E-state index is 0. The molecule has 12 aromatic heterocycles. The summed E-state index contributed by atoms with van der Waals surface area (Å²) < 4.78 is 0. The third-order valence-electron chi connectivity index (χ3n) is 6.84. The van der Waals surface area contributed by atoms with E-state index in [1.807, 2.05) is 0 Å². The van der Waals surface area contributed by atoms with E-state index in [9.17, 15) is 0 Å². The summed E-state index contributed by atoms with van der Waals surface area (Å²) in [6.07, 6.45) is 5.77. The zero-order valence-electron chi connectivity index (χ0n) is 35.9. The number of H-pyrrole nitrogens is 4. The van der Waals surface area contributed by atoms with Crippen LogP contribution in [0.4, 0.5) is 0 Å². The first-order chi connectivity index (χ1) is 29.8. The summed E-state index contributed by atoms with van der Waals surface area (Å²) >= 11 is 0. The van der Waals surface area contributed by atoms with Crippen LogP contribution in [-0.4, -0.2) is 164 Å². The van der Waals surface area contributed by atoms with Crippen molar-refractivity contribution in [1.82, 2.24) is 205 Å². The van der Waals surface area contributed by atoms with E-state index in [1.54, 1.807) is 0 Å². The van der Waals surface area contributed by atoms with Gasteiger partial charge in [-0.1, -0.05) is 6.33 Å². The molecule has 0 aliphatic carbocycles. The van der Waals surface area contributed by atoms with Crippen molar-refractivity contribution in [3.63, 3.8) is 0 Å². The summed E-state index contributed by atoms with van der Waals surface area (Å²) in [6, 6.07) is 0. The van der Waals surface area contributed by atoms with Crippen molar-refractivity contribution < 1.29 is 122 Å². The molecule has 72 heavy (non-hydrogen) atoms. The Kier molecular flexibility index (Phi) is 33.1. The number of rotatable bonds is 8. The molecule has 0 atom stereocenters. The second kappa shape index (κ2) is 34.0. The third kappa shape index (κ3) is 15.8. The Hall–Kier alpha value is -8.43. The maximum Gasteiger partial charge on any atom is 2.00 e. The van der Waals surface area contributed by atoms with Gasteiger partial charge in [-0.25, -0.2) is 20.1 Å². The van der Waals surface area contributed by atoms with Crippen molar-refractivity contribution >= 4 is 0 Å². The van der Waals surface area contributed by atoms with E-state index >= 15 is 0 Å². The number of aromatic nitrogens is 40. The Morgan fingerprint density at radius 1 is 0.319 bits per heavy atom. The summed E-state index contributed by atoms with van der Waals surface area (Å²) in [7, 11) is 0. The van der Waals surface area contributed by atoms with Gasteiger partial charge in [0.05, 0.1) is 71.0 Å². The molecule has 0 spiro atoms. The molecule has 360 valence electrons. The van der Waals surface area contributed by atoms with Crippen molar-refractivity contribution in [3.8, 4) is 92.1 Å². The van der Waals surface area contributed by atoms with Crippen LogP contribution >= 0.6 is 0 Å². The molecule has 0 saturated heterocycles. The number of imidazole rings is 4. The molecule has 0 saturated carbocycles. The van der Waals surface area contributed by atoms with Gasteiger partial charge in [0.1, 0.15) is 17.1 Å². The van der Waals surface area contributed by atoms with Crippen molar-refractivity contribution in [2.24, 2.45) is 0 Å². The predicted molar refractivity (Wildman–Crippen MR) is 210 cm³/mol. The summed E-state index contributed by atoms with van der Waals surface area (Å²) in [5.41, 5.74) is 3.92. The Bertz CT molecular complexity index is 2400. The summed E-state index contributed by atoms with van der Waals surface area (Å²) in [5.74, 6) is 2.57. The molecular formula is C20H32N40O8Zn4+8. The third-order valence-corrected chi connectivity index (χ3v) is 6.84. The fourth-order valence-electron chi connectivity index (χ4n) is 4.46. The first-order valence-corrected chi connectivity index (χ1v) is 15.5. The summed E-state index contributed by atoms with van der Waals surface area (Å²) in [5, 5.41) is 112. The molecule has 0 unspecified atom stereocenters. The maximum atomic E-state index is 4.02. The van der Waals surface area contributed by atoms with Gasteiger partial charge in [0.25, 0.3) is 0 Å². The molecular weight excluding hydrogens is 1190 g/mol. The van der Waals surface area contributed by atoms with Gasteiger partial charge in [0.15, 0.2) is 5.82 Å². The Morgan fingerprint density at radius 2 is 0.611 bits per heavy atom. The van der Waals surface area contributed by atoms with Gasteiger partial charge < -0.3 is 104 Å². The molecule has 0 amide bonds. The van der Waals surface area contributed by atoms with Gasteiger partial charge in [-0.2, -0.15) is 36.5 Å². The quantitative estimate of drug-likeness (QED) is 0.0810. The smallest absolute Gasteiger partial charge is 0.457 e. The van der Waals surface area contributed by atoms with E-state index < -0.39 is 0 Å². The zero-order chi connectivity index (χ0) is 40.4. The van der Waals surface area contributed by atoms with Crippen LogP contribution in [0.25, 0.3) is 92.1 Å². The molecule has 12 aromatic rings. The average molecular weight is 1220 g/mol. The first kappa shape index (κ1) is 70.1. The normalized spacial score (nSPS) is 8.89. The second-order valence-corrected chi connectivity index (χ2v) is 10.1.